The van der Waals surface area contributed by atoms with E-state index >= 15 is 0 Å². The number of halogens is 1. The van der Waals surface area contributed by atoms with E-state index in [9.17, 15) is 4.39 Å². The van der Waals surface area contributed by atoms with Gasteiger partial charge in [-0.1, -0.05) is 0 Å². The Morgan fingerprint density at radius 3 is 3.11 bits per heavy atom. The number of hydrogen-bond donors (Lipinski definition) is 1. The predicted molar refractivity (Wildman–Crippen MR) is 70.6 cm³/mol. The molecule has 1 aromatic heterocycles. The van der Waals surface area contributed by atoms with Gasteiger partial charge in [-0.05, 0) is 43.8 Å². The van der Waals surface area contributed by atoms with Crippen LogP contribution in [0.1, 0.15) is 13.3 Å². The maximum atomic E-state index is 13.3. The first-order valence-corrected chi connectivity index (χ1v) is 6.55. The molecule has 2 unspecified atom stereocenters. The third-order valence-electron chi connectivity index (χ3n) is 3.69. The fraction of sp³-hybridized carbons (Fsp3) is 0.462. The summed E-state index contributed by atoms with van der Waals surface area (Å²) in [7, 11) is 0. The Morgan fingerprint density at radius 2 is 2.39 bits per heavy atom. The Bertz CT molecular complexity index is 633. The number of imidazole rings is 1. The summed E-state index contributed by atoms with van der Waals surface area (Å²) < 4.78 is 21.5. The van der Waals surface area contributed by atoms with E-state index in [1.807, 2.05) is 4.57 Å². The largest absolute Gasteiger partial charge is 0.378 e. The number of H-pyrrole nitrogens is 1. The summed E-state index contributed by atoms with van der Waals surface area (Å²) in [6, 6.07) is 4.70. The van der Waals surface area contributed by atoms with Crippen molar-refractivity contribution >= 4 is 23.3 Å². The third kappa shape index (κ3) is 1.97. The Labute approximate surface area is 110 Å². The van der Waals surface area contributed by atoms with Crippen molar-refractivity contribution in [3.8, 4) is 0 Å². The van der Waals surface area contributed by atoms with Crippen molar-refractivity contribution in [2.45, 2.75) is 26.0 Å². The van der Waals surface area contributed by atoms with Crippen molar-refractivity contribution in [1.82, 2.24) is 9.55 Å². The van der Waals surface area contributed by atoms with Gasteiger partial charge in [-0.25, -0.2) is 4.39 Å². The highest BCUT2D eigenvalue weighted by Gasteiger charge is 2.25. The molecule has 3 nitrogen and oxygen atoms in total. The van der Waals surface area contributed by atoms with Crippen molar-refractivity contribution < 1.29 is 9.13 Å². The van der Waals surface area contributed by atoms with E-state index in [4.69, 9.17) is 17.0 Å². The van der Waals surface area contributed by atoms with Crippen LogP contribution in [-0.2, 0) is 11.3 Å². The lowest BCUT2D eigenvalue weighted by molar-refractivity contribution is 0.102. The van der Waals surface area contributed by atoms with Crippen LogP contribution in [0.4, 0.5) is 4.39 Å². The van der Waals surface area contributed by atoms with Gasteiger partial charge in [0.2, 0.25) is 0 Å². The van der Waals surface area contributed by atoms with Crippen LogP contribution < -0.4 is 0 Å². The smallest absolute Gasteiger partial charge is 0.178 e. The van der Waals surface area contributed by atoms with Gasteiger partial charge in [0.25, 0.3) is 0 Å². The van der Waals surface area contributed by atoms with Gasteiger partial charge in [0.15, 0.2) is 4.77 Å². The lowest BCUT2D eigenvalue weighted by Crippen LogP contribution is -2.17. The second kappa shape index (κ2) is 4.48. The van der Waals surface area contributed by atoms with Crippen LogP contribution in [0.15, 0.2) is 18.2 Å². The predicted octanol–water partition coefficient (Wildman–Crippen LogP) is 3.26. The summed E-state index contributed by atoms with van der Waals surface area (Å²) in [6.07, 6.45) is 1.27. The van der Waals surface area contributed by atoms with E-state index in [0.29, 0.717) is 10.7 Å². The Balaban J connectivity index is 2.02. The normalized spacial score (nSPS) is 23.9. The number of ether oxygens (including phenoxy) is 1. The fourth-order valence-corrected chi connectivity index (χ4v) is 2.84. The number of aromatic nitrogens is 2. The number of hydrogen-bond acceptors (Lipinski definition) is 2. The zero-order valence-electron chi connectivity index (χ0n) is 10.1. The molecule has 0 saturated carbocycles. The van der Waals surface area contributed by atoms with Gasteiger partial charge >= 0.3 is 0 Å². The summed E-state index contributed by atoms with van der Waals surface area (Å²) >= 11 is 5.31. The van der Waals surface area contributed by atoms with E-state index in [1.165, 1.54) is 12.1 Å². The number of nitrogens with zero attached hydrogens (tertiary/aromatic N) is 1. The molecule has 1 aliphatic rings. The molecule has 2 atom stereocenters. The number of aromatic amines is 1. The van der Waals surface area contributed by atoms with E-state index in [1.54, 1.807) is 6.07 Å². The lowest BCUT2D eigenvalue weighted by atomic mass is 10.0. The number of rotatable bonds is 2. The average molecular weight is 266 g/mol. The molecule has 2 heterocycles. The molecule has 0 radical (unpaired) electrons. The van der Waals surface area contributed by atoms with Gasteiger partial charge < -0.3 is 14.3 Å². The van der Waals surface area contributed by atoms with E-state index in [-0.39, 0.29) is 11.9 Å². The Kier molecular flexibility index (Phi) is 2.95. The molecule has 1 N–H and O–H groups in total. The first-order chi connectivity index (χ1) is 8.65. The van der Waals surface area contributed by atoms with E-state index in [2.05, 4.69) is 11.9 Å². The van der Waals surface area contributed by atoms with Gasteiger partial charge in [0.1, 0.15) is 5.82 Å². The van der Waals surface area contributed by atoms with Crippen LogP contribution in [0.5, 0.6) is 0 Å². The summed E-state index contributed by atoms with van der Waals surface area (Å²) in [5.41, 5.74) is 1.71. The topological polar surface area (TPSA) is 29.9 Å². The Morgan fingerprint density at radius 1 is 1.56 bits per heavy atom. The average Bonchev–Trinajstić information content (AvgIpc) is 2.86. The minimum Gasteiger partial charge on any atom is -0.378 e. The molecule has 1 saturated heterocycles. The molecular weight excluding hydrogens is 251 g/mol. The molecule has 18 heavy (non-hydrogen) atoms. The van der Waals surface area contributed by atoms with E-state index in [0.717, 1.165) is 30.6 Å². The maximum Gasteiger partial charge on any atom is 0.178 e. The molecular formula is C13H15FN2OS. The second-order valence-corrected chi connectivity index (χ2v) is 5.21. The van der Waals surface area contributed by atoms with Crippen LogP contribution in [0.2, 0.25) is 0 Å². The highest BCUT2D eigenvalue weighted by molar-refractivity contribution is 7.71. The summed E-state index contributed by atoms with van der Waals surface area (Å²) in [4.78, 5) is 3.11. The molecule has 3 rings (SSSR count). The van der Waals surface area contributed by atoms with Crippen molar-refractivity contribution in [3.05, 3.63) is 28.8 Å². The quantitative estimate of drug-likeness (QED) is 0.846. The van der Waals surface area contributed by atoms with Crippen molar-refractivity contribution in [1.29, 1.82) is 0 Å². The van der Waals surface area contributed by atoms with Gasteiger partial charge in [0, 0.05) is 19.1 Å². The standard InChI is InChI=1S/C13H15FN2OS/c1-8-9(4-5-17-8)7-16-12-6-10(14)2-3-11(12)15-13(16)18/h2-3,6,8-9H,4-5,7H2,1H3,(H,15,18). The summed E-state index contributed by atoms with van der Waals surface area (Å²) in [6.45, 7) is 3.66. The van der Waals surface area contributed by atoms with Gasteiger partial charge in [0.05, 0.1) is 17.1 Å². The summed E-state index contributed by atoms with van der Waals surface area (Å²) in [5.74, 6) is 0.208. The maximum absolute atomic E-state index is 13.3. The second-order valence-electron chi connectivity index (χ2n) is 4.83. The molecule has 0 aliphatic carbocycles. The first kappa shape index (κ1) is 11.9. The van der Waals surface area contributed by atoms with Crippen LogP contribution in [0.25, 0.3) is 11.0 Å². The van der Waals surface area contributed by atoms with Crippen LogP contribution in [-0.4, -0.2) is 22.3 Å². The van der Waals surface area contributed by atoms with Crippen molar-refractivity contribution in [2.75, 3.05) is 6.61 Å². The zero-order chi connectivity index (χ0) is 12.7. The van der Waals surface area contributed by atoms with Crippen LogP contribution >= 0.6 is 12.2 Å². The highest BCUT2D eigenvalue weighted by Crippen LogP contribution is 2.25. The molecule has 1 aromatic carbocycles. The monoisotopic (exact) mass is 266 g/mol. The minimum atomic E-state index is -0.235. The first-order valence-electron chi connectivity index (χ1n) is 6.15. The third-order valence-corrected chi connectivity index (χ3v) is 4.01. The minimum absolute atomic E-state index is 0.235. The molecule has 96 valence electrons. The molecule has 0 bridgehead atoms. The molecule has 1 fully saturated rings. The van der Waals surface area contributed by atoms with E-state index < -0.39 is 0 Å². The van der Waals surface area contributed by atoms with Crippen LogP contribution in [0.3, 0.4) is 0 Å². The lowest BCUT2D eigenvalue weighted by Gasteiger charge is -2.15. The van der Waals surface area contributed by atoms with Gasteiger partial charge in [-0.15, -0.1) is 0 Å². The number of nitrogens with one attached hydrogen (secondary N) is 1. The Hall–Kier alpha value is -1.20. The van der Waals surface area contributed by atoms with Crippen LogP contribution in [0, 0.1) is 16.5 Å². The SMILES string of the molecule is CC1OCCC1Cn1c(=S)[nH]c2ccc(F)cc21. The fourth-order valence-electron chi connectivity index (χ4n) is 2.56. The molecule has 5 heteroatoms. The van der Waals surface area contributed by atoms with Crippen molar-refractivity contribution in [3.63, 3.8) is 0 Å². The zero-order valence-corrected chi connectivity index (χ0v) is 11.0. The molecule has 2 aromatic rings. The van der Waals surface area contributed by atoms with Crippen molar-refractivity contribution in [2.24, 2.45) is 5.92 Å². The molecule has 0 amide bonds. The van der Waals surface area contributed by atoms with Gasteiger partial charge in [-0.2, -0.15) is 0 Å². The number of benzene rings is 1. The number of fused-ring (bicyclic) bond motifs is 1. The molecule has 1 aliphatic heterocycles. The molecule has 0 spiro atoms. The highest BCUT2D eigenvalue weighted by atomic mass is 32.1. The van der Waals surface area contributed by atoms with Gasteiger partial charge in [-0.3, -0.25) is 0 Å². The summed E-state index contributed by atoms with van der Waals surface area (Å²) in [5, 5.41) is 0.